The van der Waals surface area contributed by atoms with Gasteiger partial charge in [0, 0.05) is 19.0 Å². The first kappa shape index (κ1) is 18.3. The van der Waals surface area contributed by atoms with Crippen LogP contribution in [0.1, 0.15) is 27.6 Å². The van der Waals surface area contributed by atoms with Crippen molar-refractivity contribution in [3.8, 4) is 15.6 Å². The number of para-hydroxylation sites is 1. The van der Waals surface area contributed by atoms with Crippen molar-refractivity contribution in [2.75, 3.05) is 20.2 Å². The van der Waals surface area contributed by atoms with Crippen LogP contribution >= 0.6 is 22.7 Å². The predicted molar refractivity (Wildman–Crippen MR) is 119 cm³/mol. The van der Waals surface area contributed by atoms with E-state index in [1.54, 1.807) is 18.4 Å². The summed E-state index contributed by atoms with van der Waals surface area (Å²) in [6, 6.07) is 20.3. The molecule has 1 aliphatic heterocycles. The first-order valence-electron chi connectivity index (χ1n) is 9.60. The van der Waals surface area contributed by atoms with Crippen LogP contribution in [-0.2, 0) is 0 Å². The molecule has 2 aromatic carbocycles. The maximum atomic E-state index is 13.0. The molecule has 3 heterocycles. The van der Waals surface area contributed by atoms with Crippen LogP contribution in [0.5, 0.6) is 5.75 Å². The fraction of sp³-hybridized carbons (Fsp3) is 0.217. The van der Waals surface area contributed by atoms with Gasteiger partial charge in [0.05, 0.1) is 27.1 Å². The van der Waals surface area contributed by atoms with Crippen molar-refractivity contribution in [2.24, 2.45) is 0 Å². The molecule has 2 aromatic heterocycles. The van der Waals surface area contributed by atoms with E-state index in [1.807, 2.05) is 47.4 Å². The predicted octanol–water partition coefficient (Wildman–Crippen LogP) is 5.66. The summed E-state index contributed by atoms with van der Waals surface area (Å²) < 4.78 is 6.41. The zero-order valence-corrected chi connectivity index (χ0v) is 17.6. The van der Waals surface area contributed by atoms with Crippen LogP contribution in [0.15, 0.2) is 60.7 Å². The van der Waals surface area contributed by atoms with E-state index in [9.17, 15) is 4.79 Å². The number of carbonyl (C=O) groups excluding carboxylic acids is 1. The van der Waals surface area contributed by atoms with E-state index in [0.717, 1.165) is 45.5 Å². The van der Waals surface area contributed by atoms with Crippen LogP contribution in [0.2, 0.25) is 0 Å². The molecule has 5 rings (SSSR count). The molecule has 0 spiro atoms. The highest BCUT2D eigenvalue weighted by atomic mass is 32.1. The van der Waals surface area contributed by atoms with Gasteiger partial charge in [0.15, 0.2) is 0 Å². The number of rotatable bonds is 4. The number of fused-ring (bicyclic) bond motifs is 1. The Labute approximate surface area is 177 Å². The van der Waals surface area contributed by atoms with Gasteiger partial charge < -0.3 is 9.64 Å². The second-order valence-electron chi connectivity index (χ2n) is 7.16. The Bertz CT molecular complexity index is 1130. The lowest BCUT2D eigenvalue weighted by atomic mass is 9.98. The Kier molecular flexibility index (Phi) is 4.81. The molecule has 1 aliphatic rings. The van der Waals surface area contributed by atoms with Gasteiger partial charge in [0.2, 0.25) is 0 Å². The molecular weight excluding hydrogens is 400 g/mol. The van der Waals surface area contributed by atoms with Gasteiger partial charge in [-0.05, 0) is 48.4 Å². The van der Waals surface area contributed by atoms with Crippen molar-refractivity contribution < 1.29 is 9.53 Å². The SMILES string of the molecule is COc1ccc(C2CCN(C(=O)c3ccc(-c4nc5ccccc5s4)s3)C2)cc1. The highest BCUT2D eigenvalue weighted by Gasteiger charge is 2.29. The van der Waals surface area contributed by atoms with Gasteiger partial charge in [-0.2, -0.15) is 0 Å². The van der Waals surface area contributed by atoms with Crippen molar-refractivity contribution in [1.29, 1.82) is 0 Å². The Morgan fingerprint density at radius 1 is 1.07 bits per heavy atom. The Balaban J connectivity index is 1.31. The minimum Gasteiger partial charge on any atom is -0.497 e. The van der Waals surface area contributed by atoms with Crippen LogP contribution in [0.25, 0.3) is 20.1 Å². The summed E-state index contributed by atoms with van der Waals surface area (Å²) in [4.78, 5) is 21.6. The molecule has 0 radical (unpaired) electrons. The fourth-order valence-corrected chi connectivity index (χ4v) is 5.79. The first-order chi connectivity index (χ1) is 14.2. The number of nitrogens with zero attached hydrogens (tertiary/aromatic N) is 2. The number of ether oxygens (including phenoxy) is 1. The van der Waals surface area contributed by atoms with Crippen LogP contribution < -0.4 is 4.74 Å². The third kappa shape index (κ3) is 3.54. The van der Waals surface area contributed by atoms with E-state index >= 15 is 0 Å². The summed E-state index contributed by atoms with van der Waals surface area (Å²) in [5, 5.41) is 0.979. The van der Waals surface area contributed by atoms with E-state index in [2.05, 4.69) is 18.2 Å². The van der Waals surface area contributed by atoms with Crippen molar-refractivity contribution in [2.45, 2.75) is 12.3 Å². The number of thiophene rings is 1. The maximum absolute atomic E-state index is 13.0. The Morgan fingerprint density at radius 3 is 2.69 bits per heavy atom. The van der Waals surface area contributed by atoms with E-state index in [1.165, 1.54) is 21.6 Å². The van der Waals surface area contributed by atoms with Gasteiger partial charge in [0.25, 0.3) is 5.91 Å². The topological polar surface area (TPSA) is 42.4 Å². The minimum absolute atomic E-state index is 0.123. The molecule has 6 heteroatoms. The van der Waals surface area contributed by atoms with Gasteiger partial charge in [-0.25, -0.2) is 4.98 Å². The van der Waals surface area contributed by atoms with Crippen molar-refractivity contribution >= 4 is 38.8 Å². The molecule has 1 amide bonds. The molecule has 4 aromatic rings. The lowest BCUT2D eigenvalue weighted by Gasteiger charge is -2.16. The van der Waals surface area contributed by atoms with Crippen molar-refractivity contribution in [3.05, 3.63) is 71.1 Å². The van der Waals surface area contributed by atoms with E-state index in [4.69, 9.17) is 9.72 Å². The van der Waals surface area contributed by atoms with E-state index in [-0.39, 0.29) is 5.91 Å². The first-order valence-corrected chi connectivity index (χ1v) is 11.2. The molecule has 1 saturated heterocycles. The molecule has 29 heavy (non-hydrogen) atoms. The number of hydrogen-bond acceptors (Lipinski definition) is 5. The third-order valence-corrected chi connectivity index (χ3v) is 7.66. The van der Waals surface area contributed by atoms with Gasteiger partial charge in [-0.1, -0.05) is 24.3 Å². The average molecular weight is 421 g/mol. The number of hydrogen-bond donors (Lipinski definition) is 0. The molecule has 1 unspecified atom stereocenters. The number of benzene rings is 2. The second-order valence-corrected chi connectivity index (χ2v) is 9.27. The molecule has 146 valence electrons. The molecule has 0 N–H and O–H groups in total. The number of likely N-dealkylation sites (tertiary alicyclic amines) is 1. The van der Waals surface area contributed by atoms with Crippen molar-refractivity contribution in [1.82, 2.24) is 9.88 Å². The summed E-state index contributed by atoms with van der Waals surface area (Å²) in [7, 11) is 1.68. The summed E-state index contributed by atoms with van der Waals surface area (Å²) in [6.07, 6.45) is 0.994. The van der Waals surface area contributed by atoms with Gasteiger partial charge >= 0.3 is 0 Å². The van der Waals surface area contributed by atoms with Crippen LogP contribution in [0.3, 0.4) is 0 Å². The lowest BCUT2D eigenvalue weighted by Crippen LogP contribution is -2.27. The summed E-state index contributed by atoms with van der Waals surface area (Å²) in [5.74, 6) is 1.37. The van der Waals surface area contributed by atoms with Gasteiger partial charge in [-0.3, -0.25) is 4.79 Å². The van der Waals surface area contributed by atoms with Crippen LogP contribution in [0, 0.1) is 0 Å². The molecule has 1 fully saturated rings. The molecule has 1 atom stereocenters. The number of methoxy groups -OCH3 is 1. The standard InChI is InChI=1S/C23H20N2O2S2/c1-27-17-8-6-15(7-9-17)16-12-13-25(14-16)23(26)21-11-10-20(28-21)22-24-18-4-2-3-5-19(18)29-22/h2-11,16H,12-14H2,1H3. The second kappa shape index (κ2) is 7.61. The summed E-state index contributed by atoms with van der Waals surface area (Å²) in [5.41, 5.74) is 2.28. The number of amides is 1. The van der Waals surface area contributed by atoms with E-state index < -0.39 is 0 Å². The van der Waals surface area contributed by atoms with E-state index in [0.29, 0.717) is 5.92 Å². The third-order valence-electron chi connectivity index (χ3n) is 5.38. The molecule has 0 saturated carbocycles. The van der Waals surface area contributed by atoms with Crippen LogP contribution in [-0.4, -0.2) is 36.0 Å². The number of thiazole rings is 1. The molecule has 0 aliphatic carbocycles. The Hall–Kier alpha value is -2.70. The lowest BCUT2D eigenvalue weighted by molar-refractivity contribution is 0.0795. The monoisotopic (exact) mass is 420 g/mol. The quantitative estimate of drug-likeness (QED) is 0.428. The van der Waals surface area contributed by atoms with Crippen molar-refractivity contribution in [3.63, 3.8) is 0 Å². The number of carbonyl (C=O) groups is 1. The highest BCUT2D eigenvalue weighted by molar-refractivity contribution is 7.26. The summed E-state index contributed by atoms with van der Waals surface area (Å²) in [6.45, 7) is 1.56. The highest BCUT2D eigenvalue weighted by Crippen LogP contribution is 2.36. The zero-order valence-electron chi connectivity index (χ0n) is 16.0. The molecular formula is C23H20N2O2S2. The minimum atomic E-state index is 0.123. The molecule has 0 bridgehead atoms. The maximum Gasteiger partial charge on any atom is 0.263 e. The number of aromatic nitrogens is 1. The Morgan fingerprint density at radius 2 is 1.90 bits per heavy atom. The fourth-order valence-electron chi connectivity index (χ4n) is 3.79. The van der Waals surface area contributed by atoms with Crippen LogP contribution in [0.4, 0.5) is 0 Å². The molecule has 4 nitrogen and oxygen atoms in total. The van der Waals surface area contributed by atoms with Gasteiger partial charge in [-0.15, -0.1) is 22.7 Å². The van der Waals surface area contributed by atoms with Gasteiger partial charge in [0.1, 0.15) is 10.8 Å². The smallest absolute Gasteiger partial charge is 0.263 e. The average Bonchev–Trinajstić information content (AvgIpc) is 3.52. The normalized spacial score (nSPS) is 16.4. The summed E-state index contributed by atoms with van der Waals surface area (Å²) >= 11 is 3.21. The largest absolute Gasteiger partial charge is 0.497 e. The zero-order chi connectivity index (χ0) is 19.8.